The number of ether oxygens (including phenoxy) is 4. The van der Waals surface area contributed by atoms with Crippen LogP contribution in [0.5, 0.6) is 11.5 Å². The van der Waals surface area contributed by atoms with Gasteiger partial charge in [-0.1, -0.05) is 31.5 Å². The standard InChI is InChI=1S/C34H44O9S2/c1-8-9-23-44(37,38)43-45(28-13-11-10-12-14-28,29-19-15-26(16-20-29)39-24-31(35)41-33(2,3)4)30-21-17-27(18-22-30)40-25-32(36)42-34(5,6)7/h10-22H,8-9,23-25H2,1-7H3/p+1. The average molecular weight is 662 g/mol. The summed E-state index contributed by atoms with van der Waals surface area (Å²) >= 11 is 0. The molecule has 0 aromatic heterocycles. The third-order valence-electron chi connectivity index (χ3n) is 5.95. The summed E-state index contributed by atoms with van der Waals surface area (Å²) in [7, 11) is -6.59. The lowest BCUT2D eigenvalue weighted by Gasteiger charge is -2.35. The first-order chi connectivity index (χ1) is 21.0. The van der Waals surface area contributed by atoms with Crippen molar-refractivity contribution in [2.75, 3.05) is 19.0 Å². The summed E-state index contributed by atoms with van der Waals surface area (Å²) in [5, 5.41) is 0. The van der Waals surface area contributed by atoms with E-state index in [9.17, 15) is 18.0 Å². The monoisotopic (exact) mass is 661 g/mol. The van der Waals surface area contributed by atoms with Gasteiger partial charge in [0.2, 0.25) is 0 Å². The number of unbranched alkanes of at least 4 members (excludes halogenated alkanes) is 1. The van der Waals surface area contributed by atoms with E-state index < -0.39 is 43.6 Å². The highest BCUT2D eigenvalue weighted by Crippen LogP contribution is 2.68. The fourth-order valence-electron chi connectivity index (χ4n) is 4.18. The van der Waals surface area contributed by atoms with Crippen LogP contribution >= 0.6 is 10.3 Å². The third-order valence-corrected chi connectivity index (χ3v) is 11.4. The molecule has 0 bridgehead atoms. The van der Waals surface area contributed by atoms with Crippen molar-refractivity contribution < 1.29 is 40.6 Å². The lowest BCUT2D eigenvalue weighted by molar-refractivity contribution is -0.158. The number of esters is 2. The Balaban J connectivity index is 2.03. The zero-order valence-electron chi connectivity index (χ0n) is 27.1. The molecular formula is C34H45O9S2+. The molecule has 45 heavy (non-hydrogen) atoms. The SMILES string of the molecule is CCCCS(=O)(=O)[OH+]S(c1ccccc1)(c1ccc(OCC(=O)OC(C)(C)C)cc1)c1ccc(OCC(=O)OC(C)(C)C)cc1. The molecular weight excluding hydrogens is 616 g/mol. The summed E-state index contributed by atoms with van der Waals surface area (Å²) in [5.74, 6) is -0.237. The van der Waals surface area contributed by atoms with E-state index in [0.717, 1.165) is 4.90 Å². The summed E-state index contributed by atoms with van der Waals surface area (Å²) < 4.78 is 53.8. The topological polar surface area (TPSA) is 118 Å². The molecule has 0 fully saturated rings. The molecule has 0 atom stereocenters. The van der Waals surface area contributed by atoms with E-state index in [1.807, 2.05) is 37.3 Å². The van der Waals surface area contributed by atoms with Gasteiger partial charge in [-0.15, -0.1) is 0 Å². The summed E-state index contributed by atoms with van der Waals surface area (Å²) in [6.45, 7) is 12.1. The van der Waals surface area contributed by atoms with Crippen LogP contribution in [-0.2, 0) is 29.2 Å². The largest absolute Gasteiger partial charge is 0.482 e. The van der Waals surface area contributed by atoms with E-state index in [1.54, 1.807) is 90.1 Å². The molecule has 1 N–H and O–H groups in total. The van der Waals surface area contributed by atoms with Crippen molar-refractivity contribution in [3.05, 3.63) is 78.9 Å². The minimum absolute atomic E-state index is 0.0841. The Morgan fingerprint density at radius 2 is 1.04 bits per heavy atom. The maximum absolute atomic E-state index is 13.5. The van der Waals surface area contributed by atoms with Crippen molar-refractivity contribution in [3.8, 4) is 11.5 Å². The molecule has 3 aromatic rings. The van der Waals surface area contributed by atoms with Crippen molar-refractivity contribution in [3.63, 3.8) is 0 Å². The van der Waals surface area contributed by atoms with Gasteiger partial charge in [-0.2, -0.15) is 8.42 Å². The van der Waals surface area contributed by atoms with Gasteiger partial charge in [0.05, 0.1) is 25.0 Å². The highest BCUT2D eigenvalue weighted by atomic mass is 32.3. The normalized spacial score (nSPS) is 12.7. The van der Waals surface area contributed by atoms with Crippen LogP contribution < -0.4 is 9.47 Å². The molecule has 0 amide bonds. The van der Waals surface area contributed by atoms with Crippen LogP contribution in [0.15, 0.2) is 93.5 Å². The predicted octanol–water partition coefficient (Wildman–Crippen LogP) is 7.55. The molecule has 0 aliphatic carbocycles. The Morgan fingerprint density at radius 1 is 0.644 bits per heavy atom. The minimum atomic E-state index is -3.87. The Kier molecular flexibility index (Phi) is 12.1. The molecule has 0 radical (unpaired) electrons. The van der Waals surface area contributed by atoms with Crippen LogP contribution in [0.2, 0.25) is 0 Å². The number of carbonyl (C=O) groups is 2. The van der Waals surface area contributed by atoms with Crippen molar-refractivity contribution in [2.45, 2.75) is 87.2 Å². The van der Waals surface area contributed by atoms with Crippen molar-refractivity contribution in [2.24, 2.45) is 0 Å². The van der Waals surface area contributed by atoms with E-state index in [0.29, 0.717) is 34.1 Å². The van der Waals surface area contributed by atoms with Gasteiger partial charge in [0.15, 0.2) is 13.2 Å². The van der Waals surface area contributed by atoms with Gasteiger partial charge in [0.1, 0.15) is 28.5 Å². The Hall–Kier alpha value is -3.54. The van der Waals surface area contributed by atoms with Crippen LogP contribution in [-0.4, -0.2) is 54.2 Å². The molecule has 0 aliphatic rings. The molecule has 0 heterocycles. The summed E-state index contributed by atoms with van der Waals surface area (Å²) in [6.07, 6.45) is 1.18. The van der Waals surface area contributed by atoms with Crippen LogP contribution in [0.25, 0.3) is 0 Å². The number of hydrogen-bond donors (Lipinski definition) is 0. The first-order valence-corrected chi connectivity index (χ1v) is 18.0. The summed E-state index contributed by atoms with van der Waals surface area (Å²) in [6, 6.07) is 23.2. The maximum Gasteiger partial charge on any atom is 0.390 e. The van der Waals surface area contributed by atoms with Crippen LogP contribution in [0.1, 0.15) is 61.3 Å². The fourth-order valence-corrected chi connectivity index (χ4v) is 9.96. The molecule has 3 rings (SSSR count). The molecule has 3 aromatic carbocycles. The Morgan fingerprint density at radius 3 is 1.42 bits per heavy atom. The fraction of sp³-hybridized carbons (Fsp3) is 0.412. The van der Waals surface area contributed by atoms with E-state index in [2.05, 4.69) is 0 Å². The van der Waals surface area contributed by atoms with E-state index >= 15 is 0 Å². The Labute approximate surface area is 268 Å². The van der Waals surface area contributed by atoms with Gasteiger partial charge >= 0.3 is 22.1 Å². The van der Waals surface area contributed by atoms with Crippen LogP contribution in [0.4, 0.5) is 0 Å². The number of hydrogen-bond acceptors (Lipinski definition) is 8. The van der Waals surface area contributed by atoms with Gasteiger partial charge in [-0.25, -0.2) is 9.59 Å². The third kappa shape index (κ3) is 11.1. The highest BCUT2D eigenvalue weighted by Gasteiger charge is 2.42. The number of carbonyl (C=O) groups excluding carboxylic acids is 2. The van der Waals surface area contributed by atoms with Crippen LogP contribution in [0.3, 0.4) is 0 Å². The molecule has 0 aliphatic heterocycles. The average Bonchev–Trinajstić information content (AvgIpc) is 2.96. The first-order valence-electron chi connectivity index (χ1n) is 14.8. The van der Waals surface area contributed by atoms with Gasteiger partial charge in [0.25, 0.3) is 0 Å². The lowest BCUT2D eigenvalue weighted by atomic mass is 10.2. The summed E-state index contributed by atoms with van der Waals surface area (Å²) in [5.41, 5.74) is -1.27. The number of rotatable bonds is 14. The second kappa shape index (κ2) is 15.2. The molecule has 11 heteroatoms. The maximum atomic E-state index is 13.5. The van der Waals surface area contributed by atoms with Gasteiger partial charge in [0, 0.05) is 0 Å². The van der Waals surface area contributed by atoms with E-state index in [1.165, 1.54) is 0 Å². The minimum Gasteiger partial charge on any atom is -0.482 e. The first kappa shape index (κ1) is 35.9. The molecule has 0 saturated heterocycles. The van der Waals surface area contributed by atoms with Crippen molar-refractivity contribution >= 4 is 32.4 Å². The van der Waals surface area contributed by atoms with E-state index in [-0.39, 0.29) is 19.0 Å². The highest BCUT2D eigenvalue weighted by molar-refractivity contribution is 8.32. The zero-order valence-corrected chi connectivity index (χ0v) is 28.7. The zero-order chi connectivity index (χ0) is 33.3. The molecule has 0 saturated carbocycles. The van der Waals surface area contributed by atoms with Gasteiger partial charge < -0.3 is 18.9 Å². The van der Waals surface area contributed by atoms with Gasteiger partial charge in [-0.3, -0.25) is 3.63 Å². The second-order valence-electron chi connectivity index (χ2n) is 12.3. The predicted molar refractivity (Wildman–Crippen MR) is 176 cm³/mol. The van der Waals surface area contributed by atoms with E-state index in [4.69, 9.17) is 22.6 Å². The van der Waals surface area contributed by atoms with Crippen molar-refractivity contribution in [1.29, 1.82) is 0 Å². The second-order valence-corrected chi connectivity index (χ2v) is 17.0. The lowest BCUT2D eigenvalue weighted by Crippen LogP contribution is -2.27. The molecule has 0 spiro atoms. The smallest absolute Gasteiger partial charge is 0.390 e. The quantitative estimate of drug-likeness (QED) is 0.0988. The summed E-state index contributed by atoms with van der Waals surface area (Å²) in [4.78, 5) is 26.4. The molecule has 246 valence electrons. The number of benzene rings is 3. The van der Waals surface area contributed by atoms with Crippen LogP contribution in [0, 0.1) is 0 Å². The molecule has 9 nitrogen and oxygen atoms in total. The molecule has 0 unspecified atom stereocenters. The van der Waals surface area contributed by atoms with Crippen molar-refractivity contribution in [1.82, 2.24) is 0 Å². The Bertz CT molecular complexity index is 1430. The van der Waals surface area contributed by atoms with Gasteiger partial charge in [-0.05, 0) is 109 Å².